The van der Waals surface area contributed by atoms with E-state index in [-0.39, 0.29) is 17.7 Å². The number of carbonyl (C=O) groups excluding carboxylic acids is 2. The molecule has 5 aromatic carbocycles. The summed E-state index contributed by atoms with van der Waals surface area (Å²) < 4.78 is 4.96. The molecule has 2 unspecified atom stereocenters. The van der Waals surface area contributed by atoms with E-state index in [1.807, 2.05) is 60.7 Å². The van der Waals surface area contributed by atoms with Gasteiger partial charge in [0.15, 0.2) is 5.78 Å². The van der Waals surface area contributed by atoms with Gasteiger partial charge in [0.05, 0.1) is 24.0 Å². The Kier molecular flexibility index (Phi) is 6.42. The number of fused-ring (bicyclic) bond motifs is 1. The van der Waals surface area contributed by atoms with Crippen LogP contribution in [-0.4, -0.2) is 18.9 Å². The van der Waals surface area contributed by atoms with Gasteiger partial charge in [-0.25, -0.2) is 4.79 Å². The molecule has 0 fully saturated rings. The van der Waals surface area contributed by atoms with Crippen LogP contribution in [0.3, 0.4) is 0 Å². The number of esters is 1. The molecule has 39 heavy (non-hydrogen) atoms. The maximum atomic E-state index is 14.5. The molecule has 1 aliphatic rings. The van der Waals surface area contributed by atoms with Crippen LogP contribution in [0.15, 0.2) is 140 Å². The van der Waals surface area contributed by atoms with Crippen LogP contribution in [0.1, 0.15) is 60.4 Å². The third kappa shape index (κ3) is 3.98. The van der Waals surface area contributed by atoms with E-state index in [9.17, 15) is 9.59 Å². The fraction of sp³-hybridized carbons (Fsp3) is 0.111. The first-order valence-electron chi connectivity index (χ1n) is 13.1. The van der Waals surface area contributed by atoms with Gasteiger partial charge in [0.1, 0.15) is 0 Å². The van der Waals surface area contributed by atoms with Gasteiger partial charge in [0.25, 0.3) is 0 Å². The molecule has 5 aromatic rings. The second kappa shape index (κ2) is 10.2. The maximum absolute atomic E-state index is 14.5. The van der Waals surface area contributed by atoms with Gasteiger partial charge < -0.3 is 4.74 Å². The van der Waals surface area contributed by atoms with Crippen molar-refractivity contribution in [2.75, 3.05) is 7.11 Å². The summed E-state index contributed by atoms with van der Waals surface area (Å²) in [6.07, 6.45) is 0. The average Bonchev–Trinajstić information content (AvgIpc) is 3.33. The molecule has 190 valence electrons. The molecular formula is C36H28O3. The van der Waals surface area contributed by atoms with Crippen molar-refractivity contribution < 1.29 is 14.3 Å². The van der Waals surface area contributed by atoms with Crippen molar-refractivity contribution in [3.05, 3.63) is 178 Å². The first kappa shape index (κ1) is 24.6. The molecule has 0 saturated heterocycles. The summed E-state index contributed by atoms with van der Waals surface area (Å²) in [6.45, 7) is 0. The van der Waals surface area contributed by atoms with Crippen molar-refractivity contribution in [3.8, 4) is 0 Å². The Morgan fingerprint density at radius 1 is 0.590 bits per heavy atom. The van der Waals surface area contributed by atoms with Crippen LogP contribution in [0.5, 0.6) is 0 Å². The van der Waals surface area contributed by atoms with Gasteiger partial charge in [-0.15, -0.1) is 0 Å². The van der Waals surface area contributed by atoms with Gasteiger partial charge in [-0.3, -0.25) is 4.79 Å². The molecule has 0 saturated carbocycles. The third-order valence-corrected chi connectivity index (χ3v) is 8.01. The van der Waals surface area contributed by atoms with E-state index in [0.29, 0.717) is 11.1 Å². The summed E-state index contributed by atoms with van der Waals surface area (Å²) in [6, 6.07) is 46.4. The molecule has 3 nitrogen and oxygen atoms in total. The minimum atomic E-state index is -0.638. The molecule has 0 heterocycles. The minimum Gasteiger partial charge on any atom is -0.465 e. The highest BCUT2D eigenvalue weighted by molar-refractivity contribution is 6.03. The first-order valence-corrected chi connectivity index (χ1v) is 13.1. The number of ether oxygens (including phenoxy) is 1. The van der Waals surface area contributed by atoms with Crippen molar-refractivity contribution in [2.45, 2.75) is 17.3 Å². The van der Waals surface area contributed by atoms with Gasteiger partial charge in [-0.2, -0.15) is 0 Å². The van der Waals surface area contributed by atoms with E-state index in [1.165, 1.54) is 7.11 Å². The largest absolute Gasteiger partial charge is 0.465 e. The van der Waals surface area contributed by atoms with Crippen LogP contribution in [0.4, 0.5) is 0 Å². The summed E-state index contributed by atoms with van der Waals surface area (Å²) in [5.74, 6) is -1.00. The van der Waals surface area contributed by atoms with Crippen LogP contribution in [0.2, 0.25) is 0 Å². The molecule has 3 heteroatoms. The lowest BCUT2D eigenvalue weighted by molar-refractivity contribution is 0.0600. The Balaban J connectivity index is 1.69. The fourth-order valence-corrected chi connectivity index (χ4v) is 6.42. The number of ketones is 1. The zero-order valence-corrected chi connectivity index (χ0v) is 21.7. The number of carbonyl (C=O) groups is 2. The van der Waals surface area contributed by atoms with Gasteiger partial charge in [0.2, 0.25) is 0 Å². The number of methoxy groups -OCH3 is 1. The lowest BCUT2D eigenvalue weighted by Gasteiger charge is -2.40. The van der Waals surface area contributed by atoms with Crippen LogP contribution in [-0.2, 0) is 10.2 Å². The van der Waals surface area contributed by atoms with Gasteiger partial charge in [0, 0.05) is 11.5 Å². The standard InChI is InChI=1S/C36H28O3/c1-39-35(38)27-23-21-25(22-24-27)33-32(34(37)26-13-5-2-6-14-26)30-19-11-12-20-31(30)36(33,28-15-7-3-8-16-28)29-17-9-4-10-18-29/h2-24,32-33H,1H3. The Morgan fingerprint density at radius 3 is 1.67 bits per heavy atom. The summed E-state index contributed by atoms with van der Waals surface area (Å²) >= 11 is 0. The van der Waals surface area contributed by atoms with Crippen LogP contribution in [0, 0.1) is 0 Å². The SMILES string of the molecule is COC(=O)c1ccc(C2C(C(=O)c3ccccc3)c3ccccc3C2(c2ccccc2)c2ccccc2)cc1. The quantitative estimate of drug-likeness (QED) is 0.175. The van der Waals surface area contributed by atoms with Crippen LogP contribution in [0.25, 0.3) is 0 Å². The van der Waals surface area contributed by atoms with E-state index >= 15 is 0 Å². The van der Waals surface area contributed by atoms with Crippen molar-refractivity contribution >= 4 is 11.8 Å². The Hall–Kier alpha value is -4.76. The third-order valence-electron chi connectivity index (χ3n) is 8.01. The summed E-state index contributed by atoms with van der Waals surface area (Å²) in [4.78, 5) is 26.8. The lowest BCUT2D eigenvalue weighted by Crippen LogP contribution is -2.35. The summed E-state index contributed by atoms with van der Waals surface area (Å²) in [5.41, 5.74) is 5.91. The molecule has 0 aromatic heterocycles. The van der Waals surface area contributed by atoms with E-state index in [2.05, 4.69) is 66.7 Å². The smallest absolute Gasteiger partial charge is 0.337 e. The Labute approximate surface area is 228 Å². The molecule has 0 bridgehead atoms. The minimum absolute atomic E-state index is 0.0823. The highest BCUT2D eigenvalue weighted by Gasteiger charge is 2.56. The maximum Gasteiger partial charge on any atom is 0.337 e. The molecule has 6 rings (SSSR count). The first-order chi connectivity index (χ1) is 19.2. The zero-order chi connectivity index (χ0) is 26.8. The lowest BCUT2D eigenvalue weighted by atomic mass is 9.61. The second-order valence-corrected chi connectivity index (χ2v) is 9.93. The summed E-state index contributed by atoms with van der Waals surface area (Å²) in [5, 5.41) is 0. The fourth-order valence-electron chi connectivity index (χ4n) is 6.42. The van der Waals surface area contributed by atoms with Crippen molar-refractivity contribution in [1.82, 2.24) is 0 Å². The second-order valence-electron chi connectivity index (χ2n) is 9.93. The Bertz CT molecular complexity index is 1570. The van der Waals surface area contributed by atoms with E-state index in [1.54, 1.807) is 12.1 Å². The number of rotatable bonds is 6. The van der Waals surface area contributed by atoms with Crippen molar-refractivity contribution in [2.24, 2.45) is 0 Å². The predicted molar refractivity (Wildman–Crippen MR) is 153 cm³/mol. The van der Waals surface area contributed by atoms with Gasteiger partial charge in [-0.05, 0) is 39.9 Å². The zero-order valence-electron chi connectivity index (χ0n) is 21.7. The molecular weight excluding hydrogens is 480 g/mol. The molecule has 0 N–H and O–H groups in total. The van der Waals surface area contributed by atoms with E-state index < -0.39 is 11.3 Å². The topological polar surface area (TPSA) is 43.4 Å². The van der Waals surface area contributed by atoms with Gasteiger partial charge >= 0.3 is 5.97 Å². The highest BCUT2D eigenvalue weighted by Crippen LogP contribution is 2.62. The molecule has 0 amide bonds. The van der Waals surface area contributed by atoms with Crippen LogP contribution >= 0.6 is 0 Å². The molecule has 0 aliphatic heterocycles. The number of Topliss-reactive ketones (excluding diaryl/α,β-unsaturated/α-hetero) is 1. The number of hydrogen-bond acceptors (Lipinski definition) is 3. The predicted octanol–water partition coefficient (Wildman–Crippen LogP) is 7.57. The monoisotopic (exact) mass is 508 g/mol. The number of benzene rings is 5. The average molecular weight is 509 g/mol. The van der Waals surface area contributed by atoms with Crippen LogP contribution < -0.4 is 0 Å². The molecule has 0 spiro atoms. The highest BCUT2D eigenvalue weighted by atomic mass is 16.5. The number of hydrogen-bond donors (Lipinski definition) is 0. The normalized spacial score (nSPS) is 17.3. The molecule has 1 aliphatic carbocycles. The van der Waals surface area contributed by atoms with Crippen molar-refractivity contribution in [1.29, 1.82) is 0 Å². The van der Waals surface area contributed by atoms with E-state index in [0.717, 1.165) is 27.8 Å². The van der Waals surface area contributed by atoms with Gasteiger partial charge in [-0.1, -0.05) is 127 Å². The summed E-state index contributed by atoms with van der Waals surface area (Å²) in [7, 11) is 1.38. The van der Waals surface area contributed by atoms with Crippen molar-refractivity contribution in [3.63, 3.8) is 0 Å². The Morgan fingerprint density at radius 2 is 1.10 bits per heavy atom. The van der Waals surface area contributed by atoms with E-state index in [4.69, 9.17) is 4.74 Å². The molecule has 2 atom stereocenters. The molecule has 0 radical (unpaired) electrons.